The van der Waals surface area contributed by atoms with Gasteiger partial charge in [-0.15, -0.1) is 0 Å². The molecule has 0 unspecified atom stereocenters. The van der Waals surface area contributed by atoms with Gasteiger partial charge in [0.05, 0.1) is 17.7 Å². The van der Waals surface area contributed by atoms with E-state index < -0.39 is 17.2 Å². The lowest BCUT2D eigenvalue weighted by Crippen LogP contribution is -2.36. The number of rotatable bonds is 4. The van der Waals surface area contributed by atoms with Crippen LogP contribution in [0.3, 0.4) is 0 Å². The van der Waals surface area contributed by atoms with Crippen LogP contribution < -0.4 is 10.3 Å². The summed E-state index contributed by atoms with van der Waals surface area (Å²) in [6.45, 7) is 6.54. The fourth-order valence-corrected chi connectivity index (χ4v) is 4.95. The lowest BCUT2D eigenvalue weighted by atomic mass is 10.1. The van der Waals surface area contributed by atoms with Crippen LogP contribution in [0.2, 0.25) is 0 Å². The van der Waals surface area contributed by atoms with Gasteiger partial charge in [0.15, 0.2) is 0 Å². The van der Waals surface area contributed by atoms with E-state index in [4.69, 9.17) is 9.47 Å². The average Bonchev–Trinajstić information content (AvgIpc) is 3.00. The molecule has 3 heterocycles. The first-order valence-electron chi connectivity index (χ1n) is 12.9. The largest absolute Gasteiger partial charge is 0.489 e. The maximum Gasteiger partial charge on any atom is 0.410 e. The molecule has 1 amide bonds. The van der Waals surface area contributed by atoms with Crippen LogP contribution in [-0.2, 0) is 31.4 Å². The van der Waals surface area contributed by atoms with Gasteiger partial charge in [-0.05, 0) is 63.9 Å². The second kappa shape index (κ2) is 10.2. The molecule has 0 fully saturated rings. The lowest BCUT2D eigenvalue weighted by Gasteiger charge is -2.26. The van der Waals surface area contributed by atoms with Crippen LogP contribution in [0, 0.1) is 11.6 Å². The number of benzene rings is 2. The maximum atomic E-state index is 13.9. The van der Waals surface area contributed by atoms with Crippen molar-refractivity contribution in [2.75, 3.05) is 6.54 Å². The van der Waals surface area contributed by atoms with Gasteiger partial charge in [-0.25, -0.2) is 13.6 Å². The van der Waals surface area contributed by atoms with Crippen molar-refractivity contribution in [3.63, 3.8) is 0 Å². The Hall–Kier alpha value is -4.14. The van der Waals surface area contributed by atoms with Crippen LogP contribution >= 0.6 is 0 Å². The van der Waals surface area contributed by atoms with Crippen molar-refractivity contribution in [1.29, 1.82) is 0 Å². The number of hydrogen-bond donors (Lipinski definition) is 0. The Kier molecular flexibility index (Phi) is 6.92. The third-order valence-electron chi connectivity index (χ3n) is 6.84. The van der Waals surface area contributed by atoms with Crippen molar-refractivity contribution in [2.45, 2.75) is 52.4 Å². The van der Waals surface area contributed by atoms with Crippen molar-refractivity contribution in [3.05, 3.63) is 93.5 Å². The molecule has 0 N–H and O–H groups in total. The highest BCUT2D eigenvalue weighted by molar-refractivity contribution is 5.88. The topological polar surface area (TPSA) is 65.7 Å². The molecule has 1 aliphatic heterocycles. The fourth-order valence-electron chi connectivity index (χ4n) is 4.95. The van der Waals surface area contributed by atoms with E-state index in [2.05, 4.69) is 4.57 Å². The summed E-state index contributed by atoms with van der Waals surface area (Å²) in [5.74, 6) is -1.08. The summed E-state index contributed by atoms with van der Waals surface area (Å²) >= 11 is 0. The van der Waals surface area contributed by atoms with Crippen LogP contribution in [0.1, 0.15) is 44.0 Å². The third kappa shape index (κ3) is 5.53. The van der Waals surface area contributed by atoms with Gasteiger partial charge in [0.1, 0.15) is 29.6 Å². The number of ether oxygens (including phenoxy) is 2. The van der Waals surface area contributed by atoms with E-state index in [9.17, 15) is 18.4 Å². The Balaban J connectivity index is 1.40. The number of amides is 1. The zero-order valence-electron chi connectivity index (χ0n) is 22.5. The Morgan fingerprint density at radius 3 is 2.56 bits per heavy atom. The molecular formula is C30H31F2N3O4. The molecular weight excluding hydrogens is 504 g/mol. The monoisotopic (exact) mass is 535 g/mol. The second-order valence-corrected chi connectivity index (χ2v) is 10.8. The number of hydrogen-bond acceptors (Lipinski definition) is 4. The van der Waals surface area contributed by atoms with Crippen molar-refractivity contribution in [2.24, 2.45) is 7.05 Å². The molecule has 39 heavy (non-hydrogen) atoms. The van der Waals surface area contributed by atoms with Crippen LogP contribution in [0.5, 0.6) is 5.75 Å². The van der Waals surface area contributed by atoms with E-state index >= 15 is 0 Å². The zero-order valence-corrected chi connectivity index (χ0v) is 22.5. The summed E-state index contributed by atoms with van der Waals surface area (Å²) in [6, 6.07) is 12.1. The number of aryl methyl sites for hydroxylation is 1. The van der Waals surface area contributed by atoms with Crippen LogP contribution in [0.4, 0.5) is 13.6 Å². The Labute approximate surface area is 225 Å². The number of nitrogens with zero attached hydrogens (tertiary/aromatic N) is 3. The highest BCUT2D eigenvalue weighted by Crippen LogP contribution is 2.32. The molecule has 5 rings (SSSR count). The summed E-state index contributed by atoms with van der Waals surface area (Å²) < 4.78 is 41.9. The van der Waals surface area contributed by atoms with Gasteiger partial charge in [-0.3, -0.25) is 9.36 Å². The Morgan fingerprint density at radius 1 is 1.05 bits per heavy atom. The van der Waals surface area contributed by atoms with Gasteiger partial charge in [0.2, 0.25) is 0 Å². The molecule has 0 saturated carbocycles. The van der Waals surface area contributed by atoms with Gasteiger partial charge in [-0.2, -0.15) is 0 Å². The molecule has 0 radical (unpaired) electrons. The molecule has 204 valence electrons. The molecule has 0 atom stereocenters. The standard InChI is InChI=1S/C30H31F2N3O4/c1-30(2,3)39-29(37)34-12-5-6-26-24(17-34)23-10-9-21(15-27(23)33(26)4)35-13-11-22(16-28(35)36)38-18-19-7-8-20(31)14-25(19)32/h7-11,13-16H,5-6,12,17-18H2,1-4H3. The zero-order chi connectivity index (χ0) is 27.9. The molecule has 0 aliphatic carbocycles. The normalized spacial score (nSPS) is 13.7. The van der Waals surface area contributed by atoms with E-state index in [0.717, 1.165) is 47.1 Å². The average molecular weight is 536 g/mol. The van der Waals surface area contributed by atoms with Gasteiger partial charge in [0.25, 0.3) is 5.56 Å². The molecule has 0 spiro atoms. The SMILES string of the molecule is Cn1c2c(c3ccc(-n4ccc(OCc5ccc(F)cc5F)cc4=O)cc31)CN(C(=O)OC(C)(C)C)CCC2. The molecule has 0 bridgehead atoms. The van der Waals surface area contributed by atoms with Crippen molar-refractivity contribution in [1.82, 2.24) is 14.0 Å². The molecule has 2 aromatic heterocycles. The smallest absolute Gasteiger partial charge is 0.410 e. The summed E-state index contributed by atoms with van der Waals surface area (Å²) in [6.07, 6.45) is 2.94. The van der Waals surface area contributed by atoms with Gasteiger partial charge < -0.3 is 18.9 Å². The highest BCUT2D eigenvalue weighted by atomic mass is 19.1. The highest BCUT2D eigenvalue weighted by Gasteiger charge is 2.27. The summed E-state index contributed by atoms with van der Waals surface area (Å²) in [7, 11) is 2.00. The van der Waals surface area contributed by atoms with Crippen molar-refractivity contribution < 1.29 is 23.0 Å². The Morgan fingerprint density at radius 2 is 1.85 bits per heavy atom. The van der Waals surface area contributed by atoms with E-state index in [-0.39, 0.29) is 29.6 Å². The molecule has 1 aliphatic rings. The predicted octanol–water partition coefficient (Wildman–Crippen LogP) is 5.87. The first-order valence-corrected chi connectivity index (χ1v) is 12.9. The van der Waals surface area contributed by atoms with Crippen LogP contribution in [-0.4, -0.2) is 32.3 Å². The number of carbonyl (C=O) groups is 1. The van der Waals surface area contributed by atoms with E-state index in [1.54, 1.807) is 17.2 Å². The second-order valence-electron chi connectivity index (χ2n) is 10.8. The predicted molar refractivity (Wildman–Crippen MR) is 144 cm³/mol. The minimum atomic E-state index is -0.702. The summed E-state index contributed by atoms with van der Waals surface area (Å²) in [5.41, 5.74) is 3.22. The van der Waals surface area contributed by atoms with Crippen LogP contribution in [0.15, 0.2) is 59.5 Å². The third-order valence-corrected chi connectivity index (χ3v) is 6.84. The number of halogens is 2. The van der Waals surface area contributed by atoms with Crippen molar-refractivity contribution >= 4 is 17.0 Å². The van der Waals surface area contributed by atoms with Gasteiger partial charge in [0, 0.05) is 54.1 Å². The maximum absolute atomic E-state index is 13.9. The van der Waals surface area contributed by atoms with E-state index in [1.165, 1.54) is 16.7 Å². The van der Waals surface area contributed by atoms with E-state index in [1.807, 2.05) is 46.0 Å². The van der Waals surface area contributed by atoms with Crippen LogP contribution in [0.25, 0.3) is 16.6 Å². The minimum Gasteiger partial charge on any atom is -0.489 e. The molecule has 2 aromatic carbocycles. The van der Waals surface area contributed by atoms with E-state index in [0.29, 0.717) is 18.8 Å². The van der Waals surface area contributed by atoms with Gasteiger partial charge in [-0.1, -0.05) is 6.07 Å². The molecule has 4 aromatic rings. The molecule has 7 nitrogen and oxygen atoms in total. The molecule has 0 saturated heterocycles. The quantitative estimate of drug-likeness (QED) is 0.328. The lowest BCUT2D eigenvalue weighted by molar-refractivity contribution is 0.0237. The number of carbonyl (C=O) groups excluding carboxylic acids is 1. The molecule has 9 heteroatoms. The summed E-state index contributed by atoms with van der Waals surface area (Å²) in [5, 5.41) is 1.03. The fraction of sp³-hybridized carbons (Fsp3) is 0.333. The summed E-state index contributed by atoms with van der Waals surface area (Å²) in [4.78, 5) is 27.5. The number of aromatic nitrogens is 2. The Bertz CT molecular complexity index is 1620. The first-order chi connectivity index (χ1) is 18.5. The number of fused-ring (bicyclic) bond motifs is 3. The first kappa shape index (κ1) is 26.5. The number of pyridine rings is 1. The van der Waals surface area contributed by atoms with Gasteiger partial charge >= 0.3 is 6.09 Å². The minimum absolute atomic E-state index is 0.128. The van der Waals surface area contributed by atoms with Crippen molar-refractivity contribution in [3.8, 4) is 11.4 Å².